The van der Waals surface area contributed by atoms with Gasteiger partial charge in [-0.1, -0.05) is 13.8 Å². The topological polar surface area (TPSA) is 42.2 Å². The standard InChI is InChI=1S/C18H29N3/c1-12-8-13(2)14(3)21(11-12)18-16(10-19)9-15-6-4-5-7-17(15)20-18/h9,12-14H,4-8,10-11,19H2,1-3H3. The van der Waals surface area contributed by atoms with E-state index in [1.54, 1.807) is 0 Å². The number of aromatic nitrogens is 1. The summed E-state index contributed by atoms with van der Waals surface area (Å²) in [6, 6.07) is 2.90. The molecule has 1 aliphatic carbocycles. The van der Waals surface area contributed by atoms with Gasteiger partial charge in [-0.3, -0.25) is 0 Å². The summed E-state index contributed by atoms with van der Waals surface area (Å²) in [5.74, 6) is 2.63. The van der Waals surface area contributed by atoms with Crippen LogP contribution in [0.3, 0.4) is 0 Å². The number of fused-ring (bicyclic) bond motifs is 1. The van der Waals surface area contributed by atoms with Crippen molar-refractivity contribution in [3.63, 3.8) is 0 Å². The third-order valence-corrected chi connectivity index (χ3v) is 5.45. The van der Waals surface area contributed by atoms with Crippen LogP contribution in [0, 0.1) is 11.8 Å². The third kappa shape index (κ3) is 2.80. The van der Waals surface area contributed by atoms with Gasteiger partial charge in [-0.2, -0.15) is 0 Å². The average molecular weight is 287 g/mol. The molecule has 3 rings (SSSR count). The van der Waals surface area contributed by atoms with Gasteiger partial charge in [-0.25, -0.2) is 4.98 Å². The van der Waals surface area contributed by atoms with Gasteiger partial charge in [0.2, 0.25) is 0 Å². The number of pyridine rings is 1. The second kappa shape index (κ2) is 5.96. The fraction of sp³-hybridized carbons (Fsp3) is 0.722. The average Bonchev–Trinajstić information content (AvgIpc) is 2.49. The van der Waals surface area contributed by atoms with E-state index in [2.05, 4.69) is 31.7 Å². The molecule has 0 spiro atoms. The van der Waals surface area contributed by atoms with Crippen LogP contribution in [0.5, 0.6) is 0 Å². The fourth-order valence-electron chi connectivity index (χ4n) is 4.06. The van der Waals surface area contributed by atoms with Crippen molar-refractivity contribution < 1.29 is 0 Å². The van der Waals surface area contributed by atoms with Crippen molar-refractivity contribution in [3.8, 4) is 0 Å². The zero-order valence-corrected chi connectivity index (χ0v) is 13.7. The van der Waals surface area contributed by atoms with Crippen molar-refractivity contribution in [3.05, 3.63) is 22.9 Å². The van der Waals surface area contributed by atoms with Crippen LogP contribution in [0.25, 0.3) is 0 Å². The van der Waals surface area contributed by atoms with Crippen LogP contribution >= 0.6 is 0 Å². The van der Waals surface area contributed by atoms with E-state index in [9.17, 15) is 0 Å². The maximum absolute atomic E-state index is 6.04. The van der Waals surface area contributed by atoms with E-state index >= 15 is 0 Å². The molecule has 1 aromatic rings. The molecule has 0 aromatic carbocycles. The molecule has 3 unspecified atom stereocenters. The molecule has 116 valence electrons. The number of hydrogen-bond donors (Lipinski definition) is 1. The highest BCUT2D eigenvalue weighted by atomic mass is 15.2. The van der Waals surface area contributed by atoms with Crippen molar-refractivity contribution in [2.24, 2.45) is 17.6 Å². The lowest BCUT2D eigenvalue weighted by Gasteiger charge is -2.43. The molecule has 21 heavy (non-hydrogen) atoms. The minimum absolute atomic E-state index is 0.556. The number of anilines is 1. The Labute approximate surface area is 128 Å². The van der Waals surface area contributed by atoms with Gasteiger partial charge >= 0.3 is 0 Å². The smallest absolute Gasteiger partial charge is 0.133 e. The Bertz CT molecular complexity index is 511. The molecule has 3 nitrogen and oxygen atoms in total. The molecule has 0 radical (unpaired) electrons. The van der Waals surface area contributed by atoms with Crippen LogP contribution in [0.4, 0.5) is 5.82 Å². The van der Waals surface area contributed by atoms with Crippen LogP contribution in [-0.2, 0) is 19.4 Å². The van der Waals surface area contributed by atoms with E-state index in [-0.39, 0.29) is 0 Å². The van der Waals surface area contributed by atoms with Gasteiger partial charge in [-0.05, 0) is 62.5 Å². The summed E-state index contributed by atoms with van der Waals surface area (Å²) in [7, 11) is 0. The van der Waals surface area contributed by atoms with Crippen LogP contribution in [-0.4, -0.2) is 17.6 Å². The molecular formula is C18H29N3. The number of hydrogen-bond acceptors (Lipinski definition) is 3. The highest BCUT2D eigenvalue weighted by molar-refractivity contribution is 5.52. The summed E-state index contributed by atoms with van der Waals surface area (Å²) >= 11 is 0. The monoisotopic (exact) mass is 287 g/mol. The van der Waals surface area contributed by atoms with Crippen molar-refractivity contribution in [2.75, 3.05) is 11.4 Å². The van der Waals surface area contributed by atoms with Crippen molar-refractivity contribution in [1.29, 1.82) is 0 Å². The predicted octanol–water partition coefficient (Wildman–Crippen LogP) is 3.29. The second-order valence-electron chi connectivity index (χ2n) is 7.20. The normalized spacial score (nSPS) is 29.3. The van der Waals surface area contributed by atoms with Crippen molar-refractivity contribution >= 4 is 5.82 Å². The first-order valence-electron chi connectivity index (χ1n) is 8.58. The Morgan fingerprint density at radius 3 is 2.76 bits per heavy atom. The second-order valence-corrected chi connectivity index (χ2v) is 7.20. The maximum atomic E-state index is 6.04. The molecular weight excluding hydrogens is 258 g/mol. The van der Waals surface area contributed by atoms with Crippen LogP contribution in [0.1, 0.15) is 56.9 Å². The summed E-state index contributed by atoms with van der Waals surface area (Å²) in [5.41, 5.74) is 10.0. The van der Waals surface area contributed by atoms with E-state index in [1.807, 2.05) is 0 Å². The number of piperidine rings is 1. The number of rotatable bonds is 2. The quantitative estimate of drug-likeness (QED) is 0.907. The van der Waals surface area contributed by atoms with Gasteiger partial charge in [0.15, 0.2) is 0 Å². The van der Waals surface area contributed by atoms with Gasteiger partial charge in [0, 0.05) is 30.4 Å². The Morgan fingerprint density at radius 1 is 1.24 bits per heavy atom. The molecule has 1 aromatic heterocycles. The Morgan fingerprint density at radius 2 is 2.00 bits per heavy atom. The third-order valence-electron chi connectivity index (χ3n) is 5.45. The zero-order chi connectivity index (χ0) is 15.0. The van der Waals surface area contributed by atoms with E-state index in [1.165, 1.54) is 48.3 Å². The molecule has 1 aliphatic heterocycles. The molecule has 0 saturated carbocycles. The SMILES string of the molecule is CC1CC(C)C(C)N(c2nc3c(cc2CN)CCCC3)C1. The first-order chi connectivity index (χ1) is 10.1. The Balaban J connectivity index is 1.99. The fourth-order valence-corrected chi connectivity index (χ4v) is 4.06. The molecule has 0 bridgehead atoms. The van der Waals surface area contributed by atoms with Gasteiger partial charge < -0.3 is 10.6 Å². The first-order valence-corrected chi connectivity index (χ1v) is 8.58. The lowest BCUT2D eigenvalue weighted by molar-refractivity contribution is 0.295. The zero-order valence-electron chi connectivity index (χ0n) is 13.7. The molecule has 2 aliphatic rings. The summed E-state index contributed by atoms with van der Waals surface area (Å²) in [6.45, 7) is 8.79. The largest absolute Gasteiger partial charge is 0.353 e. The summed E-state index contributed by atoms with van der Waals surface area (Å²) < 4.78 is 0. The molecule has 2 N–H and O–H groups in total. The van der Waals surface area contributed by atoms with Crippen LogP contribution in [0.15, 0.2) is 6.07 Å². The molecule has 1 fully saturated rings. The van der Waals surface area contributed by atoms with Crippen LogP contribution < -0.4 is 10.6 Å². The van der Waals surface area contributed by atoms with E-state index < -0.39 is 0 Å². The van der Waals surface area contributed by atoms with E-state index in [0.717, 1.165) is 24.8 Å². The van der Waals surface area contributed by atoms with Crippen molar-refractivity contribution in [2.45, 2.75) is 65.5 Å². The number of nitrogens with two attached hydrogens (primary N) is 1. The van der Waals surface area contributed by atoms with E-state index in [0.29, 0.717) is 12.6 Å². The highest BCUT2D eigenvalue weighted by Crippen LogP contribution is 2.34. The Kier molecular flexibility index (Phi) is 4.21. The van der Waals surface area contributed by atoms with Gasteiger partial charge in [0.05, 0.1) is 0 Å². The lowest BCUT2D eigenvalue weighted by Crippen LogP contribution is -2.47. The number of nitrogens with zero attached hydrogens (tertiary/aromatic N) is 2. The van der Waals surface area contributed by atoms with Gasteiger partial charge in [-0.15, -0.1) is 0 Å². The van der Waals surface area contributed by atoms with Gasteiger partial charge in [0.1, 0.15) is 5.82 Å². The summed E-state index contributed by atoms with van der Waals surface area (Å²) in [6.07, 6.45) is 6.22. The van der Waals surface area contributed by atoms with E-state index in [4.69, 9.17) is 10.7 Å². The predicted molar refractivity (Wildman–Crippen MR) is 88.5 cm³/mol. The minimum Gasteiger partial charge on any atom is -0.353 e. The lowest BCUT2D eigenvalue weighted by atomic mass is 9.85. The molecule has 2 heterocycles. The molecule has 3 atom stereocenters. The minimum atomic E-state index is 0.556. The summed E-state index contributed by atoms with van der Waals surface area (Å²) in [4.78, 5) is 7.60. The first kappa shape index (κ1) is 14.8. The van der Waals surface area contributed by atoms with Gasteiger partial charge in [0.25, 0.3) is 0 Å². The Hall–Kier alpha value is -1.09. The molecule has 1 saturated heterocycles. The number of aryl methyl sites for hydroxylation is 2. The molecule has 3 heteroatoms. The maximum Gasteiger partial charge on any atom is 0.133 e. The van der Waals surface area contributed by atoms with Crippen molar-refractivity contribution in [1.82, 2.24) is 4.98 Å². The van der Waals surface area contributed by atoms with Crippen LogP contribution in [0.2, 0.25) is 0 Å². The molecule has 0 amide bonds. The summed E-state index contributed by atoms with van der Waals surface area (Å²) in [5, 5.41) is 0. The highest BCUT2D eigenvalue weighted by Gasteiger charge is 2.31.